The molecule has 55 heavy (non-hydrogen) atoms. The number of carboxylic acids is 2. The topological polar surface area (TPSA) is 305 Å². The summed E-state index contributed by atoms with van der Waals surface area (Å²) in [5.74, 6) is -5.53. The molecule has 2 heterocycles. The van der Waals surface area contributed by atoms with E-state index < -0.39 is 63.0 Å². The number of benzene rings is 4. The van der Waals surface area contributed by atoms with E-state index in [1.807, 2.05) is 0 Å². The van der Waals surface area contributed by atoms with Gasteiger partial charge >= 0.3 is 11.9 Å². The van der Waals surface area contributed by atoms with Crippen molar-refractivity contribution in [3.63, 3.8) is 0 Å². The summed E-state index contributed by atoms with van der Waals surface area (Å²) in [4.78, 5) is 83.7. The van der Waals surface area contributed by atoms with Crippen molar-refractivity contribution in [2.75, 3.05) is 15.3 Å². The van der Waals surface area contributed by atoms with Gasteiger partial charge in [-0.1, -0.05) is 18.2 Å². The predicted molar refractivity (Wildman–Crippen MR) is 189 cm³/mol. The summed E-state index contributed by atoms with van der Waals surface area (Å²) in [6, 6.07) is 17.8. The number of nitro benzene ring substituents is 2. The van der Waals surface area contributed by atoms with E-state index in [4.69, 9.17) is 0 Å². The fourth-order valence-corrected chi connectivity index (χ4v) is 5.04. The number of hydrogen-bond donors (Lipinski definition) is 3. The van der Waals surface area contributed by atoms with Gasteiger partial charge in [0.25, 0.3) is 29.1 Å². The van der Waals surface area contributed by atoms with E-state index in [0.717, 1.165) is 12.1 Å². The molecule has 6 rings (SSSR count). The van der Waals surface area contributed by atoms with Crippen LogP contribution in [0.1, 0.15) is 10.4 Å². The Balaban J connectivity index is 1.11. The van der Waals surface area contributed by atoms with Crippen LogP contribution in [0.15, 0.2) is 128 Å². The van der Waals surface area contributed by atoms with Crippen LogP contribution in [0.25, 0.3) is 0 Å². The van der Waals surface area contributed by atoms with Gasteiger partial charge in [-0.05, 0) is 54.6 Å². The van der Waals surface area contributed by atoms with Gasteiger partial charge in [-0.25, -0.2) is 9.59 Å². The molecule has 0 bridgehead atoms. The number of rotatable bonds is 12. The number of carbonyl (C=O) groups excluding carboxylic acids is 3. The van der Waals surface area contributed by atoms with Gasteiger partial charge in [0.15, 0.2) is 11.4 Å². The van der Waals surface area contributed by atoms with Crippen LogP contribution in [0.5, 0.6) is 0 Å². The van der Waals surface area contributed by atoms with Crippen LogP contribution in [-0.4, -0.2) is 73.2 Å². The number of amides is 3. The highest BCUT2D eigenvalue weighted by atomic mass is 16.6. The number of aliphatic carboxylic acids is 2. The van der Waals surface area contributed by atoms with Gasteiger partial charge in [0.1, 0.15) is 0 Å². The molecule has 0 spiro atoms. The highest BCUT2D eigenvalue weighted by Gasteiger charge is 2.42. The number of azo groups is 2. The molecule has 0 saturated carbocycles. The molecule has 2 aliphatic heterocycles. The lowest BCUT2D eigenvalue weighted by Gasteiger charge is -2.11. The normalized spacial score (nSPS) is 16.7. The first kappa shape index (κ1) is 36.4. The molecule has 0 saturated heterocycles. The first-order valence-corrected chi connectivity index (χ1v) is 15.4. The molecule has 22 nitrogen and oxygen atoms in total. The Morgan fingerprint density at radius 1 is 0.655 bits per heavy atom. The SMILES string of the molecule is O=C(O)C1=NN(c2cccc([N+](=O)[O-])c2)C(=O)C1N=Nc1ccc(C(=O)Nc2cccc(N=NC3C(=O)N(c4cccc([N+](=O)[O-])c4)N=C3C(=O)O)c2)cc1. The van der Waals surface area contributed by atoms with E-state index in [0.29, 0.717) is 10.0 Å². The summed E-state index contributed by atoms with van der Waals surface area (Å²) in [5.41, 5.74) is -1.47. The zero-order chi connectivity index (χ0) is 39.4. The number of non-ortho nitro benzene ring substituents is 2. The fraction of sp³-hybridized carbons (Fsp3) is 0.0606. The minimum Gasteiger partial charge on any atom is -0.477 e. The number of hydrogen-bond acceptors (Lipinski definition) is 15. The second kappa shape index (κ2) is 15.0. The third kappa shape index (κ3) is 7.76. The Labute approximate surface area is 305 Å². The summed E-state index contributed by atoms with van der Waals surface area (Å²) >= 11 is 0. The van der Waals surface area contributed by atoms with Crippen molar-refractivity contribution in [1.29, 1.82) is 0 Å². The first-order valence-electron chi connectivity index (χ1n) is 15.4. The van der Waals surface area contributed by atoms with Crippen molar-refractivity contribution >= 4 is 80.9 Å². The van der Waals surface area contributed by atoms with Crippen molar-refractivity contribution in [3.8, 4) is 0 Å². The van der Waals surface area contributed by atoms with E-state index >= 15 is 0 Å². The third-order valence-corrected chi connectivity index (χ3v) is 7.64. The summed E-state index contributed by atoms with van der Waals surface area (Å²) in [7, 11) is 0. The average molecular weight is 748 g/mol. The second-order valence-electron chi connectivity index (χ2n) is 11.2. The Morgan fingerprint density at radius 2 is 1.13 bits per heavy atom. The van der Waals surface area contributed by atoms with Crippen LogP contribution >= 0.6 is 0 Å². The first-order chi connectivity index (χ1) is 26.3. The van der Waals surface area contributed by atoms with Gasteiger partial charge in [-0.3, -0.25) is 34.6 Å². The molecular formula is C33H21N11O11. The lowest BCUT2D eigenvalue weighted by Crippen LogP contribution is -2.33. The molecule has 0 aromatic heterocycles. The molecule has 0 radical (unpaired) electrons. The van der Waals surface area contributed by atoms with E-state index in [1.54, 1.807) is 0 Å². The molecule has 0 fully saturated rings. The van der Waals surface area contributed by atoms with Crippen LogP contribution in [0.4, 0.5) is 39.8 Å². The highest BCUT2D eigenvalue weighted by Crippen LogP contribution is 2.29. The molecule has 4 aromatic carbocycles. The van der Waals surface area contributed by atoms with Crippen molar-refractivity contribution < 1.29 is 44.0 Å². The van der Waals surface area contributed by atoms with E-state index in [9.17, 15) is 54.4 Å². The van der Waals surface area contributed by atoms with Gasteiger partial charge < -0.3 is 15.5 Å². The van der Waals surface area contributed by atoms with Crippen LogP contribution in [-0.2, 0) is 19.2 Å². The number of nitrogens with zero attached hydrogens (tertiary/aromatic N) is 10. The lowest BCUT2D eigenvalue weighted by atomic mass is 10.2. The van der Waals surface area contributed by atoms with E-state index in [1.165, 1.54) is 84.9 Å². The maximum atomic E-state index is 13.1. The molecule has 274 valence electrons. The van der Waals surface area contributed by atoms with Gasteiger partial charge in [-0.2, -0.15) is 40.7 Å². The van der Waals surface area contributed by atoms with Crippen LogP contribution < -0.4 is 15.3 Å². The Hall–Kier alpha value is -8.43. The summed E-state index contributed by atoms with van der Waals surface area (Å²) < 4.78 is 0. The summed E-state index contributed by atoms with van der Waals surface area (Å²) in [6.45, 7) is 0. The Bertz CT molecular complexity index is 2430. The van der Waals surface area contributed by atoms with Crippen molar-refractivity contribution in [2.45, 2.75) is 12.1 Å². The molecule has 2 aliphatic rings. The number of nitrogens with one attached hydrogen (secondary N) is 1. The Kier molecular flexibility index (Phi) is 9.95. The van der Waals surface area contributed by atoms with Crippen molar-refractivity contribution in [1.82, 2.24) is 0 Å². The molecule has 2 atom stereocenters. The van der Waals surface area contributed by atoms with Gasteiger partial charge in [0.2, 0.25) is 12.1 Å². The van der Waals surface area contributed by atoms with Crippen LogP contribution in [0, 0.1) is 20.2 Å². The molecule has 2 unspecified atom stereocenters. The number of nitro groups is 2. The highest BCUT2D eigenvalue weighted by molar-refractivity contribution is 6.46. The number of carbonyl (C=O) groups is 5. The van der Waals surface area contributed by atoms with Gasteiger partial charge in [0.05, 0.1) is 32.6 Å². The van der Waals surface area contributed by atoms with Crippen molar-refractivity contribution in [3.05, 3.63) is 123 Å². The van der Waals surface area contributed by atoms with Crippen molar-refractivity contribution in [2.24, 2.45) is 30.7 Å². The maximum absolute atomic E-state index is 13.1. The lowest BCUT2D eigenvalue weighted by molar-refractivity contribution is -0.385. The molecule has 3 N–H and O–H groups in total. The minimum absolute atomic E-state index is 0.0443. The van der Waals surface area contributed by atoms with Gasteiger partial charge in [0, 0.05) is 35.5 Å². The Morgan fingerprint density at radius 3 is 1.60 bits per heavy atom. The van der Waals surface area contributed by atoms with Crippen LogP contribution in [0.3, 0.4) is 0 Å². The number of anilines is 3. The monoisotopic (exact) mass is 747 g/mol. The maximum Gasteiger partial charge on any atom is 0.355 e. The summed E-state index contributed by atoms with van der Waals surface area (Å²) in [6.07, 6.45) is 0. The average Bonchev–Trinajstić information content (AvgIpc) is 3.69. The van der Waals surface area contributed by atoms with E-state index in [-0.39, 0.29) is 45.4 Å². The fourth-order valence-electron chi connectivity index (χ4n) is 5.04. The molecule has 22 heteroatoms. The third-order valence-electron chi connectivity index (χ3n) is 7.64. The molecule has 0 aliphatic carbocycles. The van der Waals surface area contributed by atoms with Gasteiger partial charge in [-0.15, -0.1) is 0 Å². The molecule has 4 aromatic rings. The number of hydrazone groups is 2. The van der Waals surface area contributed by atoms with Crippen LogP contribution in [0.2, 0.25) is 0 Å². The quantitative estimate of drug-likeness (QED) is 0.102. The standard InChI is InChI=1S/C33H21N11O11/c45-29(17-10-12-18(13-11-17)35-37-25-27(32(48)49)39-41(30(25)46)21-6-2-8-23(15-21)43(52)53)34-19-4-1-5-20(14-19)36-38-26-28(33(50)51)40-42(31(26)47)22-7-3-9-24(16-22)44(54)55/h1-16,25-26H,(H,34,45)(H,48,49)(H,50,51). The zero-order valence-corrected chi connectivity index (χ0v) is 27.4. The second-order valence-corrected chi connectivity index (χ2v) is 11.2. The predicted octanol–water partition coefficient (Wildman–Crippen LogP) is 4.63. The zero-order valence-electron chi connectivity index (χ0n) is 27.4. The largest absolute Gasteiger partial charge is 0.477 e. The number of carboxylic acid groups (broad SMARTS) is 2. The van der Waals surface area contributed by atoms with E-state index in [2.05, 4.69) is 36.0 Å². The summed E-state index contributed by atoms with van der Waals surface area (Å²) in [5, 5.41) is 68.7. The smallest absolute Gasteiger partial charge is 0.355 e. The molecule has 3 amide bonds. The molecular weight excluding hydrogens is 726 g/mol. The minimum atomic E-state index is -1.67.